The largest absolute Gasteiger partial charge is 0.315 e. The summed E-state index contributed by atoms with van der Waals surface area (Å²) >= 11 is 2.04. The smallest absolute Gasteiger partial charge is 0.258 e. The minimum Gasteiger partial charge on any atom is -0.315 e. The monoisotopic (exact) mass is 368 g/mol. The third-order valence-electron chi connectivity index (χ3n) is 5.64. The summed E-state index contributed by atoms with van der Waals surface area (Å²) in [5.41, 5.74) is 4.59. The zero-order valence-corrected chi connectivity index (χ0v) is 16.1. The molecule has 0 aliphatic carbocycles. The van der Waals surface area contributed by atoms with Crippen LogP contribution in [0.2, 0.25) is 0 Å². The minimum absolute atomic E-state index is 0.0199. The van der Waals surface area contributed by atoms with Crippen molar-refractivity contribution in [1.29, 1.82) is 0 Å². The van der Waals surface area contributed by atoms with E-state index < -0.39 is 0 Å². The van der Waals surface area contributed by atoms with Crippen LogP contribution >= 0.6 is 11.8 Å². The lowest BCUT2D eigenvalue weighted by Gasteiger charge is -2.34. The summed E-state index contributed by atoms with van der Waals surface area (Å²) in [6.45, 7) is 3.50. The number of rotatable bonds is 3. The molecule has 136 valence electrons. The molecule has 0 saturated carbocycles. The van der Waals surface area contributed by atoms with Crippen molar-refractivity contribution in [3.63, 3.8) is 0 Å². The average Bonchev–Trinajstić information content (AvgIpc) is 3.19. The van der Waals surface area contributed by atoms with Gasteiger partial charge in [0.15, 0.2) is 5.78 Å². The molecule has 2 aliphatic rings. The zero-order valence-electron chi connectivity index (χ0n) is 15.3. The average molecular weight is 369 g/mol. The molecular weight excluding hydrogens is 344 g/mol. The number of nitrogens with zero attached hydrogens (tertiary/aromatic N) is 2. The van der Waals surface area contributed by atoms with Crippen LogP contribution in [0.25, 0.3) is 11.1 Å². The molecule has 1 unspecified atom stereocenters. The van der Waals surface area contributed by atoms with Gasteiger partial charge in [-0.25, -0.2) is 0 Å². The Kier molecular flexibility index (Phi) is 4.76. The second-order valence-corrected chi connectivity index (χ2v) is 8.42. The summed E-state index contributed by atoms with van der Waals surface area (Å²) in [6, 6.07) is 10.1. The van der Waals surface area contributed by atoms with E-state index in [9.17, 15) is 9.59 Å². The van der Waals surface area contributed by atoms with Crippen LogP contribution in [0.15, 0.2) is 35.1 Å². The number of ketones is 1. The first-order chi connectivity index (χ1) is 12.5. The lowest BCUT2D eigenvalue weighted by Crippen LogP contribution is -2.41. The summed E-state index contributed by atoms with van der Waals surface area (Å²) in [6.07, 6.45) is 2.19. The number of benzene rings is 1. The van der Waals surface area contributed by atoms with E-state index in [1.54, 1.807) is 13.0 Å². The molecule has 0 radical (unpaired) electrons. The van der Waals surface area contributed by atoms with E-state index in [4.69, 9.17) is 0 Å². The highest BCUT2D eigenvalue weighted by atomic mass is 32.2. The Morgan fingerprint density at radius 1 is 1.27 bits per heavy atom. The lowest BCUT2D eigenvalue weighted by molar-refractivity contribution is 0.101. The highest BCUT2D eigenvalue weighted by molar-refractivity contribution is 7.99. The lowest BCUT2D eigenvalue weighted by atomic mass is 9.97. The molecule has 1 aromatic carbocycles. The van der Waals surface area contributed by atoms with Crippen molar-refractivity contribution >= 4 is 17.5 Å². The molecule has 4 rings (SSSR count). The first-order valence-electron chi connectivity index (χ1n) is 9.19. The normalized spacial score (nSPS) is 20.2. The van der Waals surface area contributed by atoms with Crippen molar-refractivity contribution in [3.05, 3.63) is 57.5 Å². The van der Waals surface area contributed by atoms with Crippen LogP contribution < -0.4 is 5.56 Å². The molecule has 5 heteroatoms. The van der Waals surface area contributed by atoms with E-state index in [1.807, 2.05) is 41.6 Å². The van der Waals surface area contributed by atoms with Crippen molar-refractivity contribution in [2.75, 3.05) is 18.1 Å². The van der Waals surface area contributed by atoms with Crippen LogP contribution in [-0.2, 0) is 20.0 Å². The first kappa shape index (κ1) is 17.6. The predicted molar refractivity (Wildman–Crippen MR) is 107 cm³/mol. The Morgan fingerprint density at radius 3 is 2.85 bits per heavy atom. The summed E-state index contributed by atoms with van der Waals surface area (Å²) in [5, 5.41) is 0. The molecule has 1 atom stereocenters. The molecule has 3 heterocycles. The topological polar surface area (TPSA) is 42.3 Å². The quantitative estimate of drug-likeness (QED) is 0.781. The molecule has 0 amide bonds. The van der Waals surface area contributed by atoms with Gasteiger partial charge in [0.25, 0.3) is 5.56 Å². The zero-order chi connectivity index (χ0) is 18.3. The van der Waals surface area contributed by atoms with Gasteiger partial charge >= 0.3 is 0 Å². The maximum atomic E-state index is 12.9. The van der Waals surface area contributed by atoms with E-state index in [-0.39, 0.29) is 11.3 Å². The second kappa shape index (κ2) is 7.05. The number of carbonyl (C=O) groups is 1. The number of hydrogen-bond acceptors (Lipinski definition) is 4. The minimum atomic E-state index is 0.0199. The summed E-state index contributed by atoms with van der Waals surface area (Å²) in [5.74, 6) is 2.49. The fraction of sp³-hybridized carbons (Fsp3) is 0.429. The summed E-state index contributed by atoms with van der Waals surface area (Å²) in [7, 11) is 1.88. The summed E-state index contributed by atoms with van der Waals surface area (Å²) in [4.78, 5) is 27.2. The van der Waals surface area contributed by atoms with Gasteiger partial charge in [0, 0.05) is 55.2 Å². The van der Waals surface area contributed by atoms with E-state index in [2.05, 4.69) is 11.0 Å². The van der Waals surface area contributed by atoms with Crippen LogP contribution in [0.5, 0.6) is 0 Å². The molecule has 2 aromatic rings. The molecular formula is C21H24N2O2S. The highest BCUT2D eigenvalue weighted by Gasteiger charge is 2.28. The third kappa shape index (κ3) is 3.14. The molecule has 4 nitrogen and oxygen atoms in total. The molecule has 2 aliphatic heterocycles. The van der Waals surface area contributed by atoms with Crippen LogP contribution in [-0.4, -0.2) is 39.3 Å². The van der Waals surface area contributed by atoms with E-state index >= 15 is 0 Å². The van der Waals surface area contributed by atoms with Gasteiger partial charge in [0.05, 0.1) is 0 Å². The molecule has 0 bridgehead atoms. The third-order valence-corrected chi connectivity index (χ3v) is 6.79. The maximum Gasteiger partial charge on any atom is 0.258 e. The Morgan fingerprint density at radius 2 is 2.12 bits per heavy atom. The number of thioether (sulfide) groups is 1. The van der Waals surface area contributed by atoms with Crippen molar-refractivity contribution < 1.29 is 4.79 Å². The van der Waals surface area contributed by atoms with Gasteiger partial charge in [-0.1, -0.05) is 18.2 Å². The fourth-order valence-electron chi connectivity index (χ4n) is 4.08. The molecule has 0 spiro atoms. The SMILES string of the molecule is CC(=O)c1cccc(-c2cc3c(n(C)c2=O)CCN(C2CCSC2)C3)c1. The number of fused-ring (bicyclic) bond motifs is 1. The van der Waals surface area contributed by atoms with Gasteiger partial charge < -0.3 is 4.57 Å². The Hall–Kier alpha value is -1.85. The van der Waals surface area contributed by atoms with Gasteiger partial charge in [0.2, 0.25) is 0 Å². The van der Waals surface area contributed by atoms with E-state index in [0.29, 0.717) is 17.2 Å². The Labute approximate surface area is 158 Å². The highest BCUT2D eigenvalue weighted by Crippen LogP contribution is 2.29. The van der Waals surface area contributed by atoms with Crippen molar-refractivity contribution in [2.45, 2.75) is 32.4 Å². The second-order valence-electron chi connectivity index (χ2n) is 7.27. The Bertz CT molecular complexity index is 913. The standard InChI is InChI=1S/C21H24N2O2S/c1-14(24)15-4-3-5-16(10-15)19-11-17-12-23(18-7-9-26-13-18)8-6-20(17)22(2)21(19)25/h3-5,10-11,18H,6-9,12-13H2,1-2H3. The van der Waals surface area contributed by atoms with Gasteiger partial charge in [-0.15, -0.1) is 0 Å². The van der Waals surface area contributed by atoms with Crippen molar-refractivity contribution in [2.24, 2.45) is 7.05 Å². The van der Waals surface area contributed by atoms with Gasteiger partial charge in [0.1, 0.15) is 0 Å². The number of Topliss-reactive ketones (excluding diaryl/α,β-unsaturated/α-hetero) is 1. The molecule has 1 saturated heterocycles. The van der Waals surface area contributed by atoms with Crippen LogP contribution in [0.1, 0.15) is 35.0 Å². The molecule has 26 heavy (non-hydrogen) atoms. The van der Waals surface area contributed by atoms with Gasteiger partial charge in [-0.05, 0) is 42.4 Å². The first-order valence-corrected chi connectivity index (χ1v) is 10.3. The Balaban J connectivity index is 1.75. The fourth-order valence-corrected chi connectivity index (χ4v) is 5.34. The predicted octanol–water partition coefficient (Wildman–Crippen LogP) is 3.12. The van der Waals surface area contributed by atoms with Crippen LogP contribution in [0, 0.1) is 0 Å². The van der Waals surface area contributed by atoms with Gasteiger partial charge in [-0.2, -0.15) is 11.8 Å². The van der Waals surface area contributed by atoms with Crippen molar-refractivity contribution in [3.8, 4) is 11.1 Å². The van der Waals surface area contributed by atoms with E-state index in [1.165, 1.54) is 23.5 Å². The number of aromatic nitrogens is 1. The molecule has 1 aromatic heterocycles. The molecule has 1 fully saturated rings. The molecule has 0 N–H and O–H groups in total. The number of pyridine rings is 1. The number of hydrogen-bond donors (Lipinski definition) is 0. The van der Waals surface area contributed by atoms with Crippen LogP contribution in [0.3, 0.4) is 0 Å². The maximum absolute atomic E-state index is 12.9. The number of carbonyl (C=O) groups excluding carboxylic acids is 1. The van der Waals surface area contributed by atoms with Gasteiger partial charge in [-0.3, -0.25) is 14.5 Å². The van der Waals surface area contributed by atoms with E-state index in [0.717, 1.165) is 30.8 Å². The van der Waals surface area contributed by atoms with Crippen LogP contribution in [0.4, 0.5) is 0 Å². The van der Waals surface area contributed by atoms with Crippen molar-refractivity contribution in [1.82, 2.24) is 9.47 Å². The summed E-state index contributed by atoms with van der Waals surface area (Å²) < 4.78 is 1.81.